The number of hydrogen-bond donors (Lipinski definition) is 2. The van der Waals surface area contributed by atoms with E-state index in [4.69, 9.17) is 0 Å². The maximum absolute atomic E-state index is 12.7. The molecule has 0 spiro atoms. The maximum atomic E-state index is 12.7. The van der Waals surface area contributed by atoms with Gasteiger partial charge < -0.3 is 15.2 Å². The molecule has 0 amide bonds. The van der Waals surface area contributed by atoms with Crippen LogP contribution in [0, 0.1) is 0 Å². The minimum atomic E-state index is -3.39. The molecule has 2 heterocycles. The molecule has 1 saturated heterocycles. The molecule has 6 nitrogen and oxygen atoms in total. The SMILES string of the molecule is CCNCc1cc(S(=O)(=O)N2CCN(C)CC2C)c[nH]1. The summed E-state index contributed by atoms with van der Waals surface area (Å²) < 4.78 is 26.9. The summed E-state index contributed by atoms with van der Waals surface area (Å²) in [7, 11) is -1.37. The van der Waals surface area contributed by atoms with E-state index in [0.29, 0.717) is 18.0 Å². The number of sulfonamides is 1. The summed E-state index contributed by atoms with van der Waals surface area (Å²) in [5, 5.41) is 3.18. The fourth-order valence-electron chi connectivity index (χ4n) is 2.55. The minimum Gasteiger partial charge on any atom is -0.363 e. The van der Waals surface area contributed by atoms with Crippen molar-refractivity contribution in [3.05, 3.63) is 18.0 Å². The monoisotopic (exact) mass is 300 g/mol. The van der Waals surface area contributed by atoms with Crippen molar-refractivity contribution in [1.82, 2.24) is 19.5 Å². The number of piperazine rings is 1. The second kappa shape index (κ2) is 6.26. The molecule has 0 aliphatic carbocycles. The molecule has 1 aromatic heterocycles. The number of aromatic nitrogens is 1. The van der Waals surface area contributed by atoms with Crippen molar-refractivity contribution >= 4 is 10.0 Å². The van der Waals surface area contributed by atoms with Crippen LogP contribution in [0.15, 0.2) is 17.2 Å². The van der Waals surface area contributed by atoms with Gasteiger partial charge in [-0.05, 0) is 26.6 Å². The lowest BCUT2D eigenvalue weighted by atomic mass is 10.2. The number of likely N-dealkylation sites (N-methyl/N-ethyl adjacent to an activating group) is 1. The molecule has 0 saturated carbocycles. The molecule has 0 radical (unpaired) electrons. The number of aromatic amines is 1. The van der Waals surface area contributed by atoms with E-state index in [9.17, 15) is 8.42 Å². The van der Waals surface area contributed by atoms with E-state index >= 15 is 0 Å². The Balaban J connectivity index is 2.15. The summed E-state index contributed by atoms with van der Waals surface area (Å²) in [6.45, 7) is 7.59. The second-order valence-corrected chi connectivity index (χ2v) is 7.26. The van der Waals surface area contributed by atoms with Gasteiger partial charge in [0.2, 0.25) is 10.0 Å². The predicted octanol–water partition coefficient (Wildman–Crippen LogP) is 0.449. The van der Waals surface area contributed by atoms with Crippen molar-refractivity contribution in [3.8, 4) is 0 Å². The lowest BCUT2D eigenvalue weighted by Gasteiger charge is -2.36. The topological polar surface area (TPSA) is 68.4 Å². The van der Waals surface area contributed by atoms with E-state index in [1.807, 2.05) is 20.9 Å². The van der Waals surface area contributed by atoms with Crippen molar-refractivity contribution in [2.45, 2.75) is 31.3 Å². The van der Waals surface area contributed by atoms with E-state index in [0.717, 1.165) is 25.3 Å². The zero-order valence-electron chi connectivity index (χ0n) is 12.4. The molecule has 114 valence electrons. The number of nitrogens with one attached hydrogen (secondary N) is 2. The van der Waals surface area contributed by atoms with Crippen LogP contribution in [0.4, 0.5) is 0 Å². The summed E-state index contributed by atoms with van der Waals surface area (Å²) in [6.07, 6.45) is 1.59. The molecule has 0 bridgehead atoms. The Morgan fingerprint density at radius 2 is 2.20 bits per heavy atom. The van der Waals surface area contributed by atoms with Crippen molar-refractivity contribution < 1.29 is 8.42 Å². The van der Waals surface area contributed by atoms with Crippen LogP contribution in [0.2, 0.25) is 0 Å². The molecular formula is C13H24N4O2S. The largest absolute Gasteiger partial charge is 0.363 e. The molecule has 0 aromatic carbocycles. The summed E-state index contributed by atoms with van der Waals surface area (Å²) in [6, 6.07) is 1.73. The summed E-state index contributed by atoms with van der Waals surface area (Å²) in [5.41, 5.74) is 0.896. The Morgan fingerprint density at radius 1 is 1.45 bits per heavy atom. The normalized spacial score (nSPS) is 22.2. The van der Waals surface area contributed by atoms with E-state index in [1.165, 1.54) is 0 Å². The number of rotatable bonds is 5. The van der Waals surface area contributed by atoms with Gasteiger partial charge in [-0.3, -0.25) is 0 Å². The number of nitrogens with zero attached hydrogens (tertiary/aromatic N) is 2. The van der Waals surface area contributed by atoms with Gasteiger partial charge >= 0.3 is 0 Å². The Hall–Kier alpha value is -0.890. The molecule has 20 heavy (non-hydrogen) atoms. The molecule has 1 fully saturated rings. The van der Waals surface area contributed by atoms with Gasteiger partial charge in [0.15, 0.2) is 0 Å². The standard InChI is InChI=1S/C13H24N4O2S/c1-4-14-8-12-7-13(9-15-12)20(18,19)17-6-5-16(3)10-11(17)2/h7,9,11,14-15H,4-6,8,10H2,1-3H3. The summed E-state index contributed by atoms with van der Waals surface area (Å²) in [5.74, 6) is 0. The van der Waals surface area contributed by atoms with Gasteiger partial charge in [-0.15, -0.1) is 0 Å². The molecule has 1 aliphatic heterocycles. The van der Waals surface area contributed by atoms with Crippen LogP contribution < -0.4 is 5.32 Å². The number of H-pyrrole nitrogens is 1. The van der Waals surface area contributed by atoms with E-state index in [-0.39, 0.29) is 6.04 Å². The first-order chi connectivity index (χ1) is 9.45. The molecule has 2 N–H and O–H groups in total. The molecular weight excluding hydrogens is 276 g/mol. The van der Waals surface area contributed by atoms with Crippen LogP contribution in [-0.4, -0.2) is 61.9 Å². The average molecular weight is 300 g/mol. The first-order valence-corrected chi connectivity index (χ1v) is 8.47. The molecule has 1 aliphatic rings. The lowest BCUT2D eigenvalue weighted by molar-refractivity contribution is 0.170. The van der Waals surface area contributed by atoms with E-state index < -0.39 is 10.0 Å². The molecule has 1 unspecified atom stereocenters. The van der Waals surface area contributed by atoms with Gasteiger partial charge in [-0.2, -0.15) is 4.31 Å². The predicted molar refractivity (Wildman–Crippen MR) is 79.0 cm³/mol. The Bertz CT molecular complexity index is 540. The van der Waals surface area contributed by atoms with Gasteiger partial charge in [0.25, 0.3) is 0 Å². The average Bonchev–Trinajstić information content (AvgIpc) is 2.85. The smallest absolute Gasteiger partial charge is 0.244 e. The van der Waals surface area contributed by atoms with Gasteiger partial charge in [-0.25, -0.2) is 8.42 Å². The maximum Gasteiger partial charge on any atom is 0.244 e. The zero-order valence-corrected chi connectivity index (χ0v) is 13.2. The van der Waals surface area contributed by atoms with Crippen molar-refractivity contribution in [2.75, 3.05) is 33.2 Å². The van der Waals surface area contributed by atoms with E-state index in [2.05, 4.69) is 15.2 Å². The first-order valence-electron chi connectivity index (χ1n) is 7.03. The minimum absolute atomic E-state index is 0.00543. The van der Waals surface area contributed by atoms with Crippen LogP contribution in [0.5, 0.6) is 0 Å². The van der Waals surface area contributed by atoms with Crippen LogP contribution in [0.3, 0.4) is 0 Å². The molecule has 1 aromatic rings. The molecule has 2 rings (SSSR count). The first kappa shape index (κ1) is 15.5. The summed E-state index contributed by atoms with van der Waals surface area (Å²) >= 11 is 0. The van der Waals surface area contributed by atoms with Gasteiger partial charge in [0, 0.05) is 44.1 Å². The van der Waals surface area contributed by atoms with Crippen molar-refractivity contribution in [2.24, 2.45) is 0 Å². The van der Waals surface area contributed by atoms with Crippen LogP contribution >= 0.6 is 0 Å². The third-order valence-electron chi connectivity index (χ3n) is 3.66. The van der Waals surface area contributed by atoms with Crippen molar-refractivity contribution in [1.29, 1.82) is 0 Å². The molecule has 1 atom stereocenters. The van der Waals surface area contributed by atoms with E-state index in [1.54, 1.807) is 16.6 Å². The van der Waals surface area contributed by atoms with Crippen LogP contribution in [0.25, 0.3) is 0 Å². The van der Waals surface area contributed by atoms with Crippen LogP contribution in [-0.2, 0) is 16.6 Å². The third kappa shape index (κ3) is 3.22. The second-order valence-electron chi connectivity index (χ2n) is 5.37. The van der Waals surface area contributed by atoms with Gasteiger partial charge in [0.05, 0.1) is 4.90 Å². The Labute approximate surface area is 121 Å². The third-order valence-corrected chi connectivity index (χ3v) is 5.65. The highest BCUT2D eigenvalue weighted by atomic mass is 32.2. The van der Waals surface area contributed by atoms with Gasteiger partial charge in [0.1, 0.15) is 0 Å². The zero-order chi connectivity index (χ0) is 14.8. The Kier molecular flexibility index (Phi) is 4.85. The number of hydrogen-bond acceptors (Lipinski definition) is 4. The highest BCUT2D eigenvalue weighted by Gasteiger charge is 2.33. The van der Waals surface area contributed by atoms with Crippen LogP contribution in [0.1, 0.15) is 19.5 Å². The Morgan fingerprint density at radius 3 is 2.85 bits per heavy atom. The highest BCUT2D eigenvalue weighted by molar-refractivity contribution is 7.89. The van der Waals surface area contributed by atoms with Gasteiger partial charge in [-0.1, -0.05) is 6.92 Å². The quantitative estimate of drug-likeness (QED) is 0.828. The van der Waals surface area contributed by atoms with Crippen molar-refractivity contribution in [3.63, 3.8) is 0 Å². The fraction of sp³-hybridized carbons (Fsp3) is 0.692. The summed E-state index contributed by atoms with van der Waals surface area (Å²) in [4.78, 5) is 5.55. The fourth-order valence-corrected chi connectivity index (χ4v) is 4.18. The molecule has 7 heteroatoms. The highest BCUT2D eigenvalue weighted by Crippen LogP contribution is 2.21. The lowest BCUT2D eigenvalue weighted by Crippen LogP contribution is -2.52.